The highest BCUT2D eigenvalue weighted by Gasteiger charge is 2.25. The first-order valence-electron chi connectivity index (χ1n) is 9.11. The number of esters is 1. The van der Waals surface area contributed by atoms with Crippen molar-refractivity contribution < 1.29 is 19.2 Å². The van der Waals surface area contributed by atoms with Crippen molar-refractivity contribution in [1.82, 2.24) is 0 Å². The van der Waals surface area contributed by atoms with Gasteiger partial charge in [-0.25, -0.2) is 0 Å². The van der Waals surface area contributed by atoms with Gasteiger partial charge in [0.25, 0.3) is 11.6 Å². The molecule has 0 aromatic heterocycles. The monoisotopic (exact) mass is 436 g/mol. The number of benzene rings is 2. The summed E-state index contributed by atoms with van der Waals surface area (Å²) in [5.74, 6) is -1.05. The summed E-state index contributed by atoms with van der Waals surface area (Å²) in [4.78, 5) is 35.5. The van der Waals surface area contributed by atoms with Crippen LogP contribution in [0.15, 0.2) is 36.4 Å². The van der Waals surface area contributed by atoms with Crippen LogP contribution < -0.4 is 10.1 Å². The lowest BCUT2D eigenvalue weighted by atomic mass is 9.89. The summed E-state index contributed by atoms with van der Waals surface area (Å²) in [7, 11) is 0. The third-order valence-electron chi connectivity index (χ3n) is 4.75. The van der Waals surface area contributed by atoms with E-state index in [1.54, 1.807) is 0 Å². The summed E-state index contributed by atoms with van der Waals surface area (Å²) in [6.45, 7) is 0. The SMILES string of the molecule is O=C(Nc1ccc([N+](=O)[O-])cc1Cl)c1cc(Cl)ccc1OC(=O)C1CCCCC1. The van der Waals surface area contributed by atoms with E-state index >= 15 is 0 Å². The van der Waals surface area contributed by atoms with E-state index in [0.717, 1.165) is 38.2 Å². The molecule has 0 aliphatic heterocycles. The number of halogens is 2. The van der Waals surface area contributed by atoms with E-state index < -0.39 is 10.8 Å². The van der Waals surface area contributed by atoms with Gasteiger partial charge in [-0.05, 0) is 37.1 Å². The van der Waals surface area contributed by atoms with Gasteiger partial charge in [0, 0.05) is 17.2 Å². The number of nitrogens with zero attached hydrogens (tertiary/aromatic N) is 1. The largest absolute Gasteiger partial charge is 0.425 e. The maximum Gasteiger partial charge on any atom is 0.314 e. The van der Waals surface area contributed by atoms with Gasteiger partial charge in [-0.1, -0.05) is 42.5 Å². The van der Waals surface area contributed by atoms with Crippen molar-refractivity contribution in [2.75, 3.05) is 5.32 Å². The minimum absolute atomic E-state index is 0.00956. The summed E-state index contributed by atoms with van der Waals surface area (Å²) in [5.41, 5.74) is 0.0562. The normalized spacial score (nSPS) is 14.3. The van der Waals surface area contributed by atoms with Gasteiger partial charge in [0.2, 0.25) is 0 Å². The molecule has 0 saturated heterocycles. The molecule has 0 heterocycles. The van der Waals surface area contributed by atoms with Crippen molar-refractivity contribution in [3.8, 4) is 5.75 Å². The molecule has 0 unspecified atom stereocenters. The molecule has 152 valence electrons. The third kappa shape index (κ3) is 5.25. The first-order chi connectivity index (χ1) is 13.8. The zero-order chi connectivity index (χ0) is 21.0. The molecule has 1 saturated carbocycles. The van der Waals surface area contributed by atoms with Crippen LogP contribution in [0.2, 0.25) is 10.0 Å². The number of carbonyl (C=O) groups excluding carboxylic acids is 2. The number of hydrogen-bond donors (Lipinski definition) is 1. The first kappa shape index (κ1) is 21.1. The topological polar surface area (TPSA) is 98.5 Å². The van der Waals surface area contributed by atoms with Gasteiger partial charge < -0.3 is 10.1 Å². The molecular weight excluding hydrogens is 419 g/mol. The fourth-order valence-corrected chi connectivity index (χ4v) is 3.60. The van der Waals surface area contributed by atoms with Gasteiger partial charge in [0.15, 0.2) is 0 Å². The first-order valence-corrected chi connectivity index (χ1v) is 9.87. The number of anilines is 1. The Morgan fingerprint density at radius 1 is 1.07 bits per heavy atom. The molecule has 9 heteroatoms. The van der Waals surface area contributed by atoms with Crippen LogP contribution in [-0.4, -0.2) is 16.8 Å². The number of ether oxygens (including phenoxy) is 1. The Labute approximate surface area is 177 Å². The molecule has 29 heavy (non-hydrogen) atoms. The number of non-ortho nitro benzene ring substituents is 1. The van der Waals surface area contributed by atoms with Crippen LogP contribution in [0.5, 0.6) is 5.75 Å². The molecule has 1 amide bonds. The maximum atomic E-state index is 12.8. The van der Waals surface area contributed by atoms with E-state index in [1.807, 2.05) is 0 Å². The lowest BCUT2D eigenvalue weighted by Gasteiger charge is -2.20. The molecule has 0 radical (unpaired) electrons. The quantitative estimate of drug-likeness (QED) is 0.283. The highest BCUT2D eigenvalue weighted by Crippen LogP contribution is 2.31. The van der Waals surface area contributed by atoms with E-state index in [-0.39, 0.29) is 39.6 Å². The zero-order valence-electron chi connectivity index (χ0n) is 15.3. The standard InChI is InChI=1S/C20H18Cl2N2O5/c21-13-6-9-18(29-20(26)12-4-2-1-3-5-12)15(10-13)19(25)23-17-8-7-14(24(27)28)11-16(17)22/h6-12H,1-5H2,(H,23,25). The van der Waals surface area contributed by atoms with Crippen molar-refractivity contribution in [1.29, 1.82) is 0 Å². The minimum Gasteiger partial charge on any atom is -0.425 e. The van der Waals surface area contributed by atoms with E-state index in [0.29, 0.717) is 5.02 Å². The number of nitrogens with one attached hydrogen (secondary N) is 1. The highest BCUT2D eigenvalue weighted by atomic mass is 35.5. The molecule has 2 aromatic rings. The van der Waals surface area contributed by atoms with Crippen LogP contribution in [0.25, 0.3) is 0 Å². The Morgan fingerprint density at radius 2 is 1.79 bits per heavy atom. The Morgan fingerprint density at radius 3 is 2.45 bits per heavy atom. The van der Waals surface area contributed by atoms with Gasteiger partial charge in [0.05, 0.1) is 27.1 Å². The van der Waals surface area contributed by atoms with Gasteiger partial charge in [-0.3, -0.25) is 19.7 Å². The molecular formula is C20H18Cl2N2O5. The Hall–Kier alpha value is -2.64. The number of hydrogen-bond acceptors (Lipinski definition) is 5. The van der Waals surface area contributed by atoms with Gasteiger partial charge >= 0.3 is 5.97 Å². The predicted octanol–water partition coefficient (Wildman–Crippen LogP) is 5.64. The van der Waals surface area contributed by atoms with Crippen molar-refractivity contribution >= 4 is 46.5 Å². The number of amides is 1. The molecule has 0 bridgehead atoms. The molecule has 2 aromatic carbocycles. The van der Waals surface area contributed by atoms with E-state index in [2.05, 4.69) is 5.32 Å². The molecule has 1 N–H and O–H groups in total. The Balaban J connectivity index is 1.80. The van der Waals surface area contributed by atoms with E-state index in [4.69, 9.17) is 27.9 Å². The summed E-state index contributed by atoms with van der Waals surface area (Å²) >= 11 is 12.0. The van der Waals surface area contributed by atoms with Crippen LogP contribution >= 0.6 is 23.2 Å². The Kier molecular flexibility index (Phi) is 6.71. The lowest BCUT2D eigenvalue weighted by molar-refractivity contribution is -0.384. The van der Waals surface area contributed by atoms with E-state index in [9.17, 15) is 19.7 Å². The van der Waals surface area contributed by atoms with Crippen molar-refractivity contribution in [2.24, 2.45) is 5.92 Å². The molecule has 1 fully saturated rings. The average molecular weight is 437 g/mol. The number of rotatable bonds is 5. The number of nitro benzene ring substituents is 1. The van der Waals surface area contributed by atoms with Crippen molar-refractivity contribution in [3.63, 3.8) is 0 Å². The molecule has 0 spiro atoms. The third-order valence-corrected chi connectivity index (χ3v) is 5.29. The highest BCUT2D eigenvalue weighted by molar-refractivity contribution is 6.34. The maximum absolute atomic E-state index is 12.8. The fraction of sp³-hybridized carbons (Fsp3) is 0.300. The summed E-state index contributed by atoms with van der Waals surface area (Å²) in [6.07, 6.45) is 4.60. The van der Waals surface area contributed by atoms with Crippen LogP contribution in [0.1, 0.15) is 42.5 Å². The number of carbonyl (C=O) groups is 2. The number of nitro groups is 1. The second-order valence-corrected chi connectivity index (χ2v) is 7.62. The lowest BCUT2D eigenvalue weighted by Crippen LogP contribution is -2.24. The summed E-state index contributed by atoms with van der Waals surface area (Å²) in [6, 6.07) is 8.08. The molecule has 0 atom stereocenters. The van der Waals surface area contributed by atoms with E-state index in [1.165, 1.54) is 30.3 Å². The zero-order valence-corrected chi connectivity index (χ0v) is 16.8. The van der Waals surface area contributed by atoms with Gasteiger partial charge in [-0.15, -0.1) is 0 Å². The second kappa shape index (κ2) is 9.24. The summed E-state index contributed by atoms with van der Waals surface area (Å²) < 4.78 is 5.50. The van der Waals surface area contributed by atoms with Crippen LogP contribution in [0, 0.1) is 16.0 Å². The van der Waals surface area contributed by atoms with Crippen LogP contribution in [0.4, 0.5) is 11.4 Å². The fourth-order valence-electron chi connectivity index (χ4n) is 3.21. The molecule has 1 aliphatic carbocycles. The average Bonchev–Trinajstić information content (AvgIpc) is 2.71. The van der Waals surface area contributed by atoms with Crippen molar-refractivity contribution in [2.45, 2.75) is 32.1 Å². The summed E-state index contributed by atoms with van der Waals surface area (Å²) in [5, 5.41) is 13.7. The predicted molar refractivity (Wildman–Crippen MR) is 110 cm³/mol. The minimum atomic E-state index is -0.602. The second-order valence-electron chi connectivity index (χ2n) is 6.77. The molecule has 3 rings (SSSR count). The van der Waals surface area contributed by atoms with Gasteiger partial charge in [0.1, 0.15) is 5.75 Å². The van der Waals surface area contributed by atoms with Crippen LogP contribution in [0.3, 0.4) is 0 Å². The van der Waals surface area contributed by atoms with Gasteiger partial charge in [-0.2, -0.15) is 0 Å². The molecule has 7 nitrogen and oxygen atoms in total. The smallest absolute Gasteiger partial charge is 0.314 e. The van der Waals surface area contributed by atoms with Crippen LogP contribution in [-0.2, 0) is 4.79 Å². The Bertz CT molecular complexity index is 958. The van der Waals surface area contributed by atoms with Crippen molar-refractivity contribution in [3.05, 3.63) is 62.1 Å². The molecule has 1 aliphatic rings.